The van der Waals surface area contributed by atoms with E-state index in [1.807, 2.05) is 111 Å². The second-order valence-corrected chi connectivity index (χ2v) is 18.3. The first kappa shape index (κ1) is 35.4. The van der Waals surface area contributed by atoms with Crippen LogP contribution in [0.3, 0.4) is 0 Å². The van der Waals surface area contributed by atoms with Gasteiger partial charge in [0.25, 0.3) is 11.5 Å². The van der Waals surface area contributed by atoms with Gasteiger partial charge in [0.05, 0.1) is 55.1 Å². The van der Waals surface area contributed by atoms with Crippen LogP contribution in [0.4, 0.5) is 5.69 Å². The van der Waals surface area contributed by atoms with E-state index in [1.54, 1.807) is 23.0 Å². The van der Waals surface area contributed by atoms with Gasteiger partial charge in [0.2, 0.25) is 5.91 Å². The predicted molar refractivity (Wildman–Crippen MR) is 201 cm³/mol. The number of aliphatic hydroxyl groups excluding tert-OH is 1. The first-order chi connectivity index (χ1) is 25.0. The molecule has 3 N–H and O–H groups in total. The molecule has 1 saturated heterocycles. The number of carbonyl (C=O) groups is 2. The number of H-pyrrole nitrogens is 1. The fourth-order valence-electron chi connectivity index (χ4n) is 8.23. The third-order valence-electron chi connectivity index (χ3n) is 10.6. The highest BCUT2D eigenvalue weighted by Gasteiger charge is 2.66. The molecule has 2 aliphatic heterocycles. The zero-order valence-corrected chi connectivity index (χ0v) is 30.8. The van der Waals surface area contributed by atoms with Crippen LogP contribution in [0.15, 0.2) is 102 Å². The van der Waals surface area contributed by atoms with E-state index in [1.165, 1.54) is 4.68 Å². The van der Waals surface area contributed by atoms with Crippen molar-refractivity contribution in [3.05, 3.63) is 124 Å². The number of aliphatic hydroxyl groups is 1. The van der Waals surface area contributed by atoms with Crippen molar-refractivity contribution in [2.24, 2.45) is 5.92 Å². The first-order valence-electron chi connectivity index (χ1n) is 17.6. The van der Waals surface area contributed by atoms with Gasteiger partial charge in [-0.3, -0.25) is 19.5 Å². The second kappa shape index (κ2) is 13.8. The Morgan fingerprint density at radius 3 is 2.37 bits per heavy atom. The van der Waals surface area contributed by atoms with Crippen LogP contribution in [0.2, 0.25) is 18.6 Å². The maximum Gasteiger partial charge on any atom is 0.279 e. The van der Waals surface area contributed by atoms with E-state index >= 15 is 0 Å². The maximum absolute atomic E-state index is 14.9. The summed E-state index contributed by atoms with van der Waals surface area (Å²) in [5.41, 5.74) is 2.42. The van der Waals surface area contributed by atoms with Crippen LogP contribution >= 0.6 is 0 Å². The molecule has 0 unspecified atom stereocenters. The van der Waals surface area contributed by atoms with Crippen LogP contribution in [0.1, 0.15) is 30.0 Å². The SMILES string of the molecule is COc1ccc2c(c1)[C@@]1(O[C@H](CC(=O)N(CCO)Cc3ccccc3)[C@@H]([Si](C)(C)O)[C@@H]1C)C(=O)N2Cc1ccc(-n2[nH]c3ccccc3c2=O)cc1. The van der Waals surface area contributed by atoms with E-state index in [4.69, 9.17) is 9.47 Å². The molecule has 52 heavy (non-hydrogen) atoms. The molecule has 3 heterocycles. The van der Waals surface area contributed by atoms with Gasteiger partial charge in [0.1, 0.15) is 5.75 Å². The van der Waals surface area contributed by atoms with Crippen LogP contribution in [-0.2, 0) is 33.0 Å². The third-order valence-corrected chi connectivity index (χ3v) is 13.1. The van der Waals surface area contributed by atoms with Crippen molar-refractivity contribution in [1.29, 1.82) is 0 Å². The van der Waals surface area contributed by atoms with Crippen molar-refractivity contribution < 1.29 is 29.0 Å². The van der Waals surface area contributed by atoms with Crippen molar-refractivity contribution in [2.45, 2.75) is 56.8 Å². The minimum atomic E-state index is -3.04. The Labute approximate surface area is 303 Å². The molecule has 270 valence electrons. The number of hydrogen-bond acceptors (Lipinski definition) is 7. The van der Waals surface area contributed by atoms with Crippen LogP contribution in [-0.4, -0.2) is 71.1 Å². The van der Waals surface area contributed by atoms with Gasteiger partial charge >= 0.3 is 0 Å². The van der Waals surface area contributed by atoms with Crippen LogP contribution in [0, 0.1) is 5.92 Å². The predicted octanol–water partition coefficient (Wildman–Crippen LogP) is 5.08. The molecule has 11 nitrogen and oxygen atoms in total. The van der Waals surface area contributed by atoms with Gasteiger partial charge in [0.15, 0.2) is 13.9 Å². The van der Waals surface area contributed by atoms with Crippen LogP contribution in [0.5, 0.6) is 5.75 Å². The maximum atomic E-state index is 14.9. The Balaban J connectivity index is 1.21. The number of benzene rings is 4. The number of para-hydroxylation sites is 1. The molecule has 0 saturated carbocycles. The number of carbonyl (C=O) groups excluding carboxylic acids is 2. The Morgan fingerprint density at radius 1 is 0.981 bits per heavy atom. The molecule has 0 bridgehead atoms. The number of ether oxygens (including phenoxy) is 2. The third kappa shape index (κ3) is 6.15. The molecule has 0 radical (unpaired) electrons. The minimum absolute atomic E-state index is 0.0538. The Bertz CT molecular complexity index is 2160. The average molecular weight is 721 g/mol. The number of amides is 2. The van der Waals surface area contributed by atoms with E-state index in [0.717, 1.165) is 16.6 Å². The summed E-state index contributed by atoms with van der Waals surface area (Å²) in [6.45, 7) is 6.08. The number of nitrogens with zero attached hydrogens (tertiary/aromatic N) is 3. The number of aromatic amines is 1. The number of anilines is 1. The zero-order valence-electron chi connectivity index (χ0n) is 29.8. The van der Waals surface area contributed by atoms with Crippen LogP contribution < -0.4 is 15.2 Å². The Hall–Kier alpha value is -5.01. The molecule has 0 aliphatic carbocycles. The van der Waals surface area contributed by atoms with Gasteiger partial charge in [-0.1, -0.05) is 61.5 Å². The average Bonchev–Trinajstić information content (AvgIpc) is 3.71. The molecule has 5 aromatic rings. The number of methoxy groups -OCH3 is 1. The highest BCUT2D eigenvalue weighted by Crippen LogP contribution is 2.60. The van der Waals surface area contributed by atoms with Gasteiger partial charge in [-0.15, -0.1) is 0 Å². The fraction of sp³-hybridized carbons (Fsp3) is 0.325. The van der Waals surface area contributed by atoms with Gasteiger partial charge in [-0.2, -0.15) is 0 Å². The summed E-state index contributed by atoms with van der Waals surface area (Å²) in [7, 11) is -1.47. The first-order valence-corrected chi connectivity index (χ1v) is 20.6. The molecule has 12 heteroatoms. The topological polar surface area (TPSA) is 137 Å². The minimum Gasteiger partial charge on any atom is -0.497 e. The number of hydrogen-bond donors (Lipinski definition) is 3. The lowest BCUT2D eigenvalue weighted by atomic mass is 9.82. The second-order valence-electron chi connectivity index (χ2n) is 14.3. The lowest BCUT2D eigenvalue weighted by Gasteiger charge is -2.32. The standard InChI is InChI=1S/C40H44N4O7Si/c1-26-37(52(3,4)49)35(23-36(46)42(20-21-45)24-27-10-6-5-7-11-27)51-40(26)32-22-30(50-2)18-19-34(32)43(39(40)48)25-28-14-16-29(17-15-28)44-38(47)31-12-8-9-13-33(31)41-44/h5-19,22,26,35,37,41,45,49H,20-21,23-25H2,1-4H3/t26-,35+,37-,40+/m0/s1. The summed E-state index contributed by atoms with van der Waals surface area (Å²) in [6.07, 6.45) is -0.801. The normalized spacial score (nSPS) is 21.2. The molecule has 1 aromatic heterocycles. The number of nitrogens with one attached hydrogen (secondary N) is 1. The number of aromatic nitrogens is 2. The summed E-state index contributed by atoms with van der Waals surface area (Å²) in [6, 6.07) is 29.9. The monoisotopic (exact) mass is 720 g/mol. The van der Waals surface area contributed by atoms with E-state index in [-0.39, 0.29) is 43.5 Å². The van der Waals surface area contributed by atoms with Crippen LogP contribution in [0.25, 0.3) is 16.6 Å². The van der Waals surface area contributed by atoms with Crippen molar-refractivity contribution >= 4 is 36.7 Å². The van der Waals surface area contributed by atoms with E-state index in [9.17, 15) is 24.3 Å². The van der Waals surface area contributed by atoms with Gasteiger partial charge in [-0.05, 0) is 66.7 Å². The lowest BCUT2D eigenvalue weighted by Crippen LogP contribution is -2.46. The Kier molecular flexibility index (Phi) is 9.42. The molecular weight excluding hydrogens is 677 g/mol. The fourth-order valence-corrected chi connectivity index (χ4v) is 10.8. The van der Waals surface area contributed by atoms with Gasteiger partial charge in [0, 0.05) is 30.1 Å². The van der Waals surface area contributed by atoms with Gasteiger partial charge in [-0.25, -0.2) is 4.68 Å². The summed E-state index contributed by atoms with van der Waals surface area (Å²) >= 11 is 0. The molecule has 4 aromatic carbocycles. The highest BCUT2D eigenvalue weighted by molar-refractivity contribution is 6.71. The molecule has 7 rings (SSSR count). The summed E-state index contributed by atoms with van der Waals surface area (Å²) in [5, 5.41) is 13.6. The molecule has 1 spiro atoms. The summed E-state index contributed by atoms with van der Waals surface area (Å²) < 4.78 is 14.0. The van der Waals surface area contributed by atoms with E-state index in [2.05, 4.69) is 5.10 Å². The molecule has 4 atom stereocenters. The van der Waals surface area contributed by atoms with E-state index in [0.29, 0.717) is 34.6 Å². The lowest BCUT2D eigenvalue weighted by molar-refractivity contribution is -0.150. The smallest absolute Gasteiger partial charge is 0.279 e. The summed E-state index contributed by atoms with van der Waals surface area (Å²) in [4.78, 5) is 57.0. The molecule has 2 aliphatic rings. The molecular formula is C40H44N4O7Si. The van der Waals surface area contributed by atoms with Crippen molar-refractivity contribution in [3.63, 3.8) is 0 Å². The molecule has 1 fully saturated rings. The van der Waals surface area contributed by atoms with Crippen molar-refractivity contribution in [2.75, 3.05) is 25.2 Å². The van der Waals surface area contributed by atoms with Gasteiger partial charge < -0.3 is 29.2 Å². The van der Waals surface area contributed by atoms with E-state index < -0.39 is 31.5 Å². The Morgan fingerprint density at radius 2 is 1.69 bits per heavy atom. The van der Waals surface area contributed by atoms with Crippen molar-refractivity contribution in [1.82, 2.24) is 14.7 Å². The highest BCUT2D eigenvalue weighted by atomic mass is 28.4. The number of fused-ring (bicyclic) bond motifs is 3. The zero-order chi connectivity index (χ0) is 36.8. The van der Waals surface area contributed by atoms with Crippen molar-refractivity contribution in [3.8, 4) is 11.4 Å². The number of rotatable bonds is 11. The summed E-state index contributed by atoms with van der Waals surface area (Å²) in [5.74, 6) is -0.408. The quantitative estimate of drug-likeness (QED) is 0.162. The molecule has 2 amide bonds. The largest absolute Gasteiger partial charge is 0.497 e.